The van der Waals surface area contributed by atoms with Crippen LogP contribution in [0.25, 0.3) is 0 Å². The SMILES string of the molecule is C[C@]12CCC3C(CC=C4CC5(CC[C@]43C)OCCO5)C1CC[C@]2(O)CN=Cc1cc(Cl)cc(Cl)c1O. The first kappa shape index (κ1) is 25.2. The van der Waals surface area contributed by atoms with Crippen LogP contribution in [0.15, 0.2) is 28.8 Å². The van der Waals surface area contributed by atoms with Crippen molar-refractivity contribution in [2.75, 3.05) is 19.8 Å². The minimum absolute atomic E-state index is 0.0338. The van der Waals surface area contributed by atoms with Crippen LogP contribution in [0.4, 0.5) is 0 Å². The largest absolute Gasteiger partial charge is 0.506 e. The van der Waals surface area contributed by atoms with E-state index in [4.69, 9.17) is 32.7 Å². The van der Waals surface area contributed by atoms with Crippen molar-refractivity contribution in [2.45, 2.75) is 76.6 Å². The van der Waals surface area contributed by atoms with E-state index >= 15 is 0 Å². The molecule has 6 atom stereocenters. The quantitative estimate of drug-likeness (QED) is 0.341. The first-order valence-corrected chi connectivity index (χ1v) is 14.2. The van der Waals surface area contributed by atoms with Crippen LogP contribution >= 0.6 is 23.2 Å². The zero-order valence-corrected chi connectivity index (χ0v) is 22.7. The minimum atomic E-state index is -0.857. The number of halogens is 2. The van der Waals surface area contributed by atoms with E-state index in [1.165, 1.54) is 6.07 Å². The van der Waals surface area contributed by atoms with Gasteiger partial charge in [-0.25, -0.2) is 0 Å². The molecule has 6 rings (SSSR count). The molecule has 36 heavy (non-hydrogen) atoms. The Bertz CT molecular complexity index is 1110. The zero-order chi connectivity index (χ0) is 25.3. The molecule has 5 aliphatic rings. The number of allylic oxidation sites excluding steroid dienone is 1. The third kappa shape index (κ3) is 3.71. The summed E-state index contributed by atoms with van der Waals surface area (Å²) in [7, 11) is 0. The molecule has 3 unspecified atom stereocenters. The second kappa shape index (κ2) is 8.71. The summed E-state index contributed by atoms with van der Waals surface area (Å²) in [5.41, 5.74) is 1.19. The Morgan fingerprint density at radius 2 is 1.81 bits per heavy atom. The second-order valence-corrected chi connectivity index (χ2v) is 13.2. The van der Waals surface area contributed by atoms with Crippen molar-refractivity contribution >= 4 is 29.4 Å². The maximum Gasteiger partial charge on any atom is 0.172 e. The molecule has 1 aromatic carbocycles. The van der Waals surface area contributed by atoms with Crippen molar-refractivity contribution in [3.63, 3.8) is 0 Å². The monoisotopic (exact) mass is 533 g/mol. The van der Waals surface area contributed by atoms with Gasteiger partial charge in [-0.05, 0) is 73.8 Å². The number of aliphatic hydroxyl groups is 1. The van der Waals surface area contributed by atoms with Gasteiger partial charge in [-0.3, -0.25) is 4.99 Å². The van der Waals surface area contributed by atoms with E-state index in [1.807, 2.05) is 0 Å². The summed E-state index contributed by atoms with van der Waals surface area (Å²) in [4.78, 5) is 4.61. The first-order valence-electron chi connectivity index (χ1n) is 13.5. The standard InChI is InChI=1S/C29H37Cl2NO4/c1-26-9-10-29(35-11-12-36-29)15-19(26)3-4-21-22(26)5-7-27(2)23(21)6-8-28(27,34)17-32-16-18-13-20(30)14-24(31)25(18)33/h3,13-14,16,21-23,33-34H,4-12,15,17H2,1-2H3/t21?,22?,23?,26-,27+,28+/m1/s1. The van der Waals surface area contributed by atoms with E-state index in [9.17, 15) is 10.2 Å². The summed E-state index contributed by atoms with van der Waals surface area (Å²) in [5.74, 6) is 1.30. The summed E-state index contributed by atoms with van der Waals surface area (Å²) in [6.07, 6.45) is 12.1. The van der Waals surface area contributed by atoms with E-state index in [0.29, 0.717) is 48.1 Å². The molecule has 0 bridgehead atoms. The lowest BCUT2D eigenvalue weighted by Crippen LogP contribution is -2.56. The summed E-state index contributed by atoms with van der Waals surface area (Å²) < 4.78 is 12.1. The van der Waals surface area contributed by atoms with Gasteiger partial charge >= 0.3 is 0 Å². The summed E-state index contributed by atoms with van der Waals surface area (Å²) in [6.45, 7) is 6.51. The molecule has 1 aliphatic heterocycles. The Balaban J connectivity index is 1.21. The van der Waals surface area contributed by atoms with Crippen LogP contribution in [0.1, 0.15) is 70.8 Å². The van der Waals surface area contributed by atoms with E-state index in [1.54, 1.807) is 17.9 Å². The molecule has 0 amide bonds. The predicted octanol–water partition coefficient (Wildman–Crippen LogP) is 6.55. The van der Waals surface area contributed by atoms with Crippen LogP contribution in [-0.2, 0) is 9.47 Å². The molecule has 1 spiro atoms. The maximum atomic E-state index is 12.0. The molecule has 5 nitrogen and oxygen atoms in total. The summed E-state index contributed by atoms with van der Waals surface area (Å²) >= 11 is 12.2. The van der Waals surface area contributed by atoms with Crippen molar-refractivity contribution in [2.24, 2.45) is 33.6 Å². The lowest BCUT2D eigenvalue weighted by atomic mass is 9.46. The van der Waals surface area contributed by atoms with E-state index in [-0.39, 0.29) is 27.4 Å². The van der Waals surface area contributed by atoms with E-state index in [2.05, 4.69) is 24.9 Å². The number of aliphatic imine (C=N–C) groups is 1. The Morgan fingerprint density at radius 3 is 2.58 bits per heavy atom. The van der Waals surface area contributed by atoms with Gasteiger partial charge in [0.05, 0.1) is 30.4 Å². The molecule has 2 N–H and O–H groups in total. The number of hydrogen-bond acceptors (Lipinski definition) is 5. The van der Waals surface area contributed by atoms with Crippen LogP contribution in [-0.4, -0.2) is 47.6 Å². The molecule has 7 heteroatoms. The Hall–Kier alpha value is -1.11. The second-order valence-electron chi connectivity index (χ2n) is 12.4. The zero-order valence-electron chi connectivity index (χ0n) is 21.2. The number of rotatable bonds is 3. The van der Waals surface area contributed by atoms with Gasteiger partial charge in [0.2, 0.25) is 0 Å². The lowest BCUT2D eigenvalue weighted by Gasteiger charge is -2.59. The summed E-state index contributed by atoms with van der Waals surface area (Å²) in [5, 5.41) is 22.9. The Labute approximate surface area is 223 Å². The van der Waals surface area contributed by atoms with E-state index < -0.39 is 5.60 Å². The van der Waals surface area contributed by atoms with Crippen molar-refractivity contribution in [1.29, 1.82) is 0 Å². The normalized spacial score (nSPS) is 41.2. The van der Waals surface area contributed by atoms with Gasteiger partial charge in [-0.15, -0.1) is 0 Å². The molecule has 4 fully saturated rings. The summed E-state index contributed by atoms with van der Waals surface area (Å²) in [6, 6.07) is 3.15. The number of ether oxygens (including phenoxy) is 2. The van der Waals surface area contributed by atoms with Gasteiger partial charge in [0, 0.05) is 35.1 Å². The highest BCUT2D eigenvalue weighted by Gasteiger charge is 2.64. The van der Waals surface area contributed by atoms with Gasteiger partial charge in [0.1, 0.15) is 5.75 Å². The molecule has 1 heterocycles. The number of benzene rings is 1. The number of phenolic OH excluding ortho intramolecular Hbond substituents is 1. The smallest absolute Gasteiger partial charge is 0.172 e. The molecule has 4 aliphatic carbocycles. The van der Waals surface area contributed by atoms with Crippen LogP contribution in [0.3, 0.4) is 0 Å². The topological polar surface area (TPSA) is 71.3 Å². The fourth-order valence-corrected chi connectivity index (χ4v) is 9.21. The fourth-order valence-electron chi connectivity index (χ4n) is 8.70. The number of phenols is 1. The third-order valence-corrected chi connectivity index (χ3v) is 11.4. The van der Waals surface area contributed by atoms with Crippen molar-refractivity contribution in [1.82, 2.24) is 0 Å². The van der Waals surface area contributed by atoms with Crippen LogP contribution in [0, 0.1) is 28.6 Å². The average Bonchev–Trinajstić information content (AvgIpc) is 3.40. The fraction of sp³-hybridized carbons (Fsp3) is 0.690. The number of aromatic hydroxyl groups is 1. The molecule has 1 saturated heterocycles. The van der Waals surface area contributed by atoms with Gasteiger partial charge in [0.25, 0.3) is 0 Å². The van der Waals surface area contributed by atoms with Gasteiger partial charge in [0.15, 0.2) is 5.79 Å². The minimum Gasteiger partial charge on any atom is -0.506 e. The maximum absolute atomic E-state index is 12.0. The molecule has 196 valence electrons. The molecule has 3 saturated carbocycles. The Morgan fingerprint density at radius 1 is 1.06 bits per heavy atom. The molecule has 0 radical (unpaired) electrons. The van der Waals surface area contributed by atoms with Crippen LogP contribution in [0.2, 0.25) is 10.0 Å². The van der Waals surface area contributed by atoms with Crippen molar-refractivity contribution in [3.05, 3.63) is 39.4 Å². The third-order valence-electron chi connectivity index (χ3n) is 10.9. The number of fused-ring (bicyclic) bond motifs is 5. The van der Waals surface area contributed by atoms with Crippen molar-refractivity contribution in [3.8, 4) is 5.75 Å². The highest BCUT2D eigenvalue weighted by atomic mass is 35.5. The van der Waals surface area contributed by atoms with Gasteiger partial charge in [-0.1, -0.05) is 48.7 Å². The molecule has 1 aromatic rings. The molecular weight excluding hydrogens is 497 g/mol. The van der Waals surface area contributed by atoms with E-state index in [0.717, 1.165) is 51.4 Å². The van der Waals surface area contributed by atoms with Gasteiger partial charge in [-0.2, -0.15) is 0 Å². The first-order chi connectivity index (χ1) is 17.1. The lowest BCUT2D eigenvalue weighted by molar-refractivity contribution is -0.187. The highest BCUT2D eigenvalue weighted by Crippen LogP contribution is 2.68. The Kier molecular flexibility index (Phi) is 6.09. The number of nitrogens with zero attached hydrogens (tertiary/aromatic N) is 1. The van der Waals surface area contributed by atoms with Crippen LogP contribution in [0.5, 0.6) is 5.75 Å². The average molecular weight is 535 g/mol. The number of hydrogen-bond donors (Lipinski definition) is 2. The molecular formula is C29H37Cl2NO4. The predicted molar refractivity (Wildman–Crippen MR) is 142 cm³/mol. The molecule has 0 aromatic heterocycles. The highest BCUT2D eigenvalue weighted by molar-refractivity contribution is 6.36. The van der Waals surface area contributed by atoms with Crippen LogP contribution < -0.4 is 0 Å². The van der Waals surface area contributed by atoms with Crippen molar-refractivity contribution < 1.29 is 19.7 Å². The van der Waals surface area contributed by atoms with Gasteiger partial charge < -0.3 is 19.7 Å².